The van der Waals surface area contributed by atoms with Crippen LogP contribution in [-0.4, -0.2) is 54.7 Å². The van der Waals surface area contributed by atoms with Gasteiger partial charge in [-0.1, -0.05) is 12.5 Å². The molecule has 0 aliphatic carbocycles. The van der Waals surface area contributed by atoms with Gasteiger partial charge in [-0.15, -0.1) is 0 Å². The number of methoxy groups -OCH3 is 2. The van der Waals surface area contributed by atoms with Crippen LogP contribution in [-0.2, 0) is 6.54 Å². The predicted molar refractivity (Wildman–Crippen MR) is 126 cm³/mol. The van der Waals surface area contributed by atoms with Crippen LogP contribution in [0.25, 0.3) is 11.1 Å². The molecule has 4 rings (SSSR count). The SMILES string of the molecule is COc1cccc(OC)c1-c1cnc(N(C)C)nc1[C@H]1CCCCN1Cc1ccncc1. The van der Waals surface area contributed by atoms with Gasteiger partial charge < -0.3 is 14.4 Å². The Kier molecular flexibility index (Phi) is 6.85. The fourth-order valence-corrected chi connectivity index (χ4v) is 4.38. The highest BCUT2D eigenvalue weighted by Crippen LogP contribution is 2.43. The van der Waals surface area contributed by atoms with Crippen LogP contribution in [0.1, 0.15) is 36.6 Å². The molecule has 0 saturated carbocycles. The molecule has 1 fully saturated rings. The van der Waals surface area contributed by atoms with Gasteiger partial charge in [0.05, 0.1) is 31.5 Å². The molecule has 0 bridgehead atoms. The molecule has 1 saturated heterocycles. The van der Waals surface area contributed by atoms with Crippen LogP contribution >= 0.6 is 0 Å². The molecule has 32 heavy (non-hydrogen) atoms. The summed E-state index contributed by atoms with van der Waals surface area (Å²) in [6.07, 6.45) is 9.01. The summed E-state index contributed by atoms with van der Waals surface area (Å²) in [4.78, 5) is 18.3. The summed E-state index contributed by atoms with van der Waals surface area (Å²) < 4.78 is 11.4. The molecular weight excluding hydrogens is 402 g/mol. The summed E-state index contributed by atoms with van der Waals surface area (Å²) >= 11 is 0. The highest BCUT2D eigenvalue weighted by atomic mass is 16.5. The van der Waals surface area contributed by atoms with Crippen molar-refractivity contribution in [3.8, 4) is 22.6 Å². The third-order valence-corrected chi connectivity index (χ3v) is 5.97. The van der Waals surface area contributed by atoms with Crippen LogP contribution in [0.3, 0.4) is 0 Å². The molecule has 1 aliphatic heterocycles. The summed E-state index contributed by atoms with van der Waals surface area (Å²) in [5, 5.41) is 0. The van der Waals surface area contributed by atoms with Crippen molar-refractivity contribution in [3.05, 3.63) is 60.2 Å². The molecule has 0 spiro atoms. The Bertz CT molecular complexity index is 1020. The highest BCUT2D eigenvalue weighted by Gasteiger charge is 2.30. The van der Waals surface area contributed by atoms with Crippen molar-refractivity contribution < 1.29 is 9.47 Å². The summed E-state index contributed by atoms with van der Waals surface area (Å²) in [6, 6.07) is 10.2. The number of hydrogen-bond donors (Lipinski definition) is 0. The van der Waals surface area contributed by atoms with Gasteiger partial charge in [0.2, 0.25) is 5.95 Å². The molecular formula is C25H31N5O2. The molecule has 2 aromatic heterocycles. The van der Waals surface area contributed by atoms with Gasteiger partial charge in [0.25, 0.3) is 0 Å². The third kappa shape index (κ3) is 4.53. The van der Waals surface area contributed by atoms with E-state index in [0.29, 0.717) is 5.95 Å². The first-order valence-corrected chi connectivity index (χ1v) is 11.0. The minimum atomic E-state index is 0.170. The highest BCUT2D eigenvalue weighted by molar-refractivity contribution is 5.78. The Balaban J connectivity index is 1.84. The van der Waals surface area contributed by atoms with Gasteiger partial charge in [0.15, 0.2) is 0 Å². The van der Waals surface area contributed by atoms with Crippen LogP contribution < -0.4 is 14.4 Å². The number of nitrogens with zero attached hydrogens (tertiary/aromatic N) is 5. The number of likely N-dealkylation sites (tertiary alicyclic amines) is 1. The van der Waals surface area contributed by atoms with E-state index in [1.165, 1.54) is 18.4 Å². The van der Waals surface area contributed by atoms with Gasteiger partial charge in [-0.25, -0.2) is 9.97 Å². The van der Waals surface area contributed by atoms with Crippen molar-refractivity contribution in [2.75, 3.05) is 39.8 Å². The molecule has 168 valence electrons. The van der Waals surface area contributed by atoms with Gasteiger partial charge in [0.1, 0.15) is 11.5 Å². The maximum atomic E-state index is 5.72. The zero-order valence-electron chi connectivity index (χ0n) is 19.3. The minimum Gasteiger partial charge on any atom is -0.496 e. The van der Waals surface area contributed by atoms with Crippen molar-refractivity contribution in [1.29, 1.82) is 0 Å². The van der Waals surface area contributed by atoms with Gasteiger partial charge in [-0.2, -0.15) is 0 Å². The van der Waals surface area contributed by atoms with Gasteiger partial charge in [0, 0.05) is 44.8 Å². The number of ether oxygens (including phenoxy) is 2. The lowest BCUT2D eigenvalue weighted by atomic mass is 9.92. The monoisotopic (exact) mass is 433 g/mol. The zero-order chi connectivity index (χ0) is 22.5. The molecule has 1 aliphatic rings. The Labute approximate surface area is 190 Å². The Morgan fingerprint density at radius 3 is 2.41 bits per heavy atom. The van der Waals surface area contributed by atoms with E-state index < -0.39 is 0 Å². The van der Waals surface area contributed by atoms with Crippen LogP contribution in [0.4, 0.5) is 5.95 Å². The molecule has 1 atom stereocenters. The van der Waals surface area contributed by atoms with Crippen molar-refractivity contribution in [2.24, 2.45) is 0 Å². The Morgan fingerprint density at radius 1 is 1.03 bits per heavy atom. The van der Waals surface area contributed by atoms with Crippen LogP contribution in [0.5, 0.6) is 11.5 Å². The van der Waals surface area contributed by atoms with Crippen LogP contribution in [0, 0.1) is 0 Å². The number of benzene rings is 1. The lowest BCUT2D eigenvalue weighted by Gasteiger charge is -2.36. The molecule has 3 heterocycles. The van der Waals surface area contributed by atoms with Crippen LogP contribution in [0.15, 0.2) is 48.9 Å². The van der Waals surface area contributed by atoms with Crippen LogP contribution in [0.2, 0.25) is 0 Å². The number of rotatable bonds is 7. The van der Waals surface area contributed by atoms with Crippen molar-refractivity contribution >= 4 is 5.95 Å². The van der Waals surface area contributed by atoms with Gasteiger partial charge in [-0.3, -0.25) is 9.88 Å². The van der Waals surface area contributed by atoms with Crippen molar-refractivity contribution in [2.45, 2.75) is 31.8 Å². The lowest BCUT2D eigenvalue weighted by molar-refractivity contribution is 0.137. The third-order valence-electron chi connectivity index (χ3n) is 5.97. The minimum absolute atomic E-state index is 0.170. The second-order valence-electron chi connectivity index (χ2n) is 8.24. The van der Waals surface area contributed by atoms with Gasteiger partial charge >= 0.3 is 0 Å². The molecule has 7 heteroatoms. The number of anilines is 1. The summed E-state index contributed by atoms with van der Waals surface area (Å²) in [5.74, 6) is 2.21. The van der Waals surface area contributed by atoms with E-state index in [1.807, 2.05) is 55.8 Å². The maximum absolute atomic E-state index is 5.72. The maximum Gasteiger partial charge on any atom is 0.225 e. The quantitative estimate of drug-likeness (QED) is 0.549. The van der Waals surface area contributed by atoms with Crippen molar-refractivity contribution in [1.82, 2.24) is 19.9 Å². The van der Waals surface area contributed by atoms with E-state index in [2.05, 4.69) is 27.0 Å². The molecule has 0 amide bonds. The molecule has 1 aromatic carbocycles. The summed E-state index contributed by atoms with van der Waals surface area (Å²) in [6.45, 7) is 1.88. The standard InChI is InChI=1S/C25H31N5O2/c1-29(2)25-27-16-19(23-21(31-3)9-7-10-22(23)32-4)24(28-25)20-8-5-6-15-30(20)17-18-11-13-26-14-12-18/h7,9-14,16,20H,5-6,8,15,17H2,1-4H3/t20-/m1/s1. The average Bonchev–Trinajstić information content (AvgIpc) is 2.84. The largest absolute Gasteiger partial charge is 0.496 e. The number of piperidine rings is 1. The van der Waals surface area contributed by atoms with E-state index in [0.717, 1.165) is 47.8 Å². The second-order valence-corrected chi connectivity index (χ2v) is 8.24. The number of pyridine rings is 1. The van der Waals surface area contributed by atoms with E-state index in [1.54, 1.807) is 14.2 Å². The molecule has 3 aromatic rings. The number of hydrogen-bond acceptors (Lipinski definition) is 7. The topological polar surface area (TPSA) is 63.6 Å². The van der Waals surface area contributed by atoms with Crippen molar-refractivity contribution in [3.63, 3.8) is 0 Å². The Morgan fingerprint density at radius 2 is 1.75 bits per heavy atom. The first-order chi connectivity index (χ1) is 15.6. The normalized spacial score (nSPS) is 16.6. The predicted octanol–water partition coefficient (Wildman–Crippen LogP) is 4.35. The fraction of sp³-hybridized carbons (Fsp3) is 0.400. The second kappa shape index (κ2) is 9.96. The molecule has 0 N–H and O–H groups in total. The zero-order valence-corrected chi connectivity index (χ0v) is 19.3. The Hall–Kier alpha value is -3.19. The molecule has 0 unspecified atom stereocenters. The average molecular weight is 434 g/mol. The summed E-state index contributed by atoms with van der Waals surface area (Å²) in [5.41, 5.74) is 4.12. The van der Waals surface area contributed by atoms with E-state index in [4.69, 9.17) is 14.5 Å². The smallest absolute Gasteiger partial charge is 0.225 e. The first kappa shape index (κ1) is 22.0. The molecule has 0 radical (unpaired) electrons. The van der Waals surface area contributed by atoms with E-state index >= 15 is 0 Å². The lowest BCUT2D eigenvalue weighted by Crippen LogP contribution is -2.34. The fourth-order valence-electron chi connectivity index (χ4n) is 4.38. The van der Waals surface area contributed by atoms with Gasteiger partial charge in [-0.05, 0) is 49.2 Å². The van der Waals surface area contributed by atoms with E-state index in [-0.39, 0.29) is 6.04 Å². The summed E-state index contributed by atoms with van der Waals surface area (Å²) in [7, 11) is 7.31. The molecule has 7 nitrogen and oxygen atoms in total. The van der Waals surface area contributed by atoms with E-state index in [9.17, 15) is 0 Å². The number of aromatic nitrogens is 3. The first-order valence-electron chi connectivity index (χ1n) is 11.0.